The third-order valence-corrected chi connectivity index (χ3v) is 3.96. The minimum Gasteiger partial charge on any atom is -0.306 e. The van der Waals surface area contributed by atoms with Crippen molar-refractivity contribution in [2.24, 2.45) is 0 Å². The normalized spacial score (nSPS) is 12.4. The molecule has 2 aromatic rings. The van der Waals surface area contributed by atoms with Gasteiger partial charge in [0, 0.05) is 15.1 Å². The lowest BCUT2D eigenvalue weighted by atomic mass is 9.96. The molecule has 0 aliphatic carbocycles. The largest absolute Gasteiger partial charge is 0.306 e. The number of rotatable bonds is 5. The third-order valence-electron chi connectivity index (χ3n) is 3.27. The zero-order valence-electron chi connectivity index (χ0n) is 12.1. The van der Waals surface area contributed by atoms with Gasteiger partial charge in [-0.05, 0) is 55.3 Å². The van der Waals surface area contributed by atoms with E-state index in [1.165, 1.54) is 6.07 Å². The first-order chi connectivity index (χ1) is 10.0. The number of hydrogen-bond donors (Lipinski definition) is 1. The monoisotopic (exact) mass is 369 g/mol. The molecule has 4 heteroatoms. The van der Waals surface area contributed by atoms with Gasteiger partial charge >= 0.3 is 0 Å². The van der Waals surface area contributed by atoms with Crippen LogP contribution >= 0.6 is 27.5 Å². The predicted octanol–water partition coefficient (Wildman–Crippen LogP) is 5.64. The second-order valence-electron chi connectivity index (χ2n) is 5.11. The van der Waals surface area contributed by atoms with Gasteiger partial charge in [-0.15, -0.1) is 0 Å². The zero-order chi connectivity index (χ0) is 15.4. The Hall–Kier alpha value is -0.900. The molecule has 1 N–H and O–H groups in total. The van der Waals surface area contributed by atoms with Crippen LogP contribution in [0.25, 0.3) is 0 Å². The molecule has 1 unspecified atom stereocenters. The van der Waals surface area contributed by atoms with Crippen LogP contribution in [0.4, 0.5) is 4.39 Å². The second kappa shape index (κ2) is 7.39. The van der Waals surface area contributed by atoms with Crippen molar-refractivity contribution in [1.82, 2.24) is 5.32 Å². The predicted molar refractivity (Wildman–Crippen MR) is 90.4 cm³/mol. The maximum Gasteiger partial charge on any atom is 0.129 e. The molecule has 2 rings (SSSR count). The molecule has 0 bridgehead atoms. The number of halogens is 3. The van der Waals surface area contributed by atoms with Crippen molar-refractivity contribution in [3.63, 3.8) is 0 Å². The van der Waals surface area contributed by atoms with Gasteiger partial charge in [0.05, 0.1) is 6.04 Å². The van der Waals surface area contributed by atoms with Crippen LogP contribution in [0.3, 0.4) is 0 Å². The van der Waals surface area contributed by atoms with Crippen LogP contribution in [0.2, 0.25) is 5.02 Å². The maximum absolute atomic E-state index is 14.3. The quantitative estimate of drug-likeness (QED) is 0.718. The van der Waals surface area contributed by atoms with Crippen LogP contribution in [0.1, 0.15) is 36.1 Å². The molecule has 112 valence electrons. The van der Waals surface area contributed by atoms with Crippen molar-refractivity contribution in [2.45, 2.75) is 26.3 Å². The summed E-state index contributed by atoms with van der Waals surface area (Å²) in [7, 11) is 0. The highest BCUT2D eigenvalue weighted by Gasteiger charge is 2.18. The Morgan fingerprint density at radius 2 is 2.00 bits per heavy atom. The number of aryl methyl sites for hydroxylation is 1. The molecular weight excluding hydrogens is 353 g/mol. The van der Waals surface area contributed by atoms with Crippen LogP contribution in [0.15, 0.2) is 40.9 Å². The lowest BCUT2D eigenvalue weighted by Crippen LogP contribution is -2.24. The second-order valence-corrected chi connectivity index (χ2v) is 6.47. The molecule has 0 radical (unpaired) electrons. The van der Waals surface area contributed by atoms with Crippen LogP contribution in [0, 0.1) is 12.7 Å². The number of nitrogens with one attached hydrogen (secondary N) is 1. The van der Waals surface area contributed by atoms with Gasteiger partial charge in [0.1, 0.15) is 5.82 Å². The van der Waals surface area contributed by atoms with E-state index in [1.807, 2.05) is 19.1 Å². The topological polar surface area (TPSA) is 12.0 Å². The van der Waals surface area contributed by atoms with Crippen LogP contribution < -0.4 is 5.32 Å². The summed E-state index contributed by atoms with van der Waals surface area (Å²) in [6.45, 7) is 4.94. The molecule has 0 spiro atoms. The highest BCUT2D eigenvalue weighted by molar-refractivity contribution is 9.10. The number of hydrogen-bond acceptors (Lipinski definition) is 1. The fourth-order valence-corrected chi connectivity index (χ4v) is 3.15. The van der Waals surface area contributed by atoms with E-state index in [1.54, 1.807) is 12.1 Å². The van der Waals surface area contributed by atoms with E-state index in [9.17, 15) is 4.39 Å². The van der Waals surface area contributed by atoms with E-state index in [0.29, 0.717) is 10.6 Å². The van der Waals surface area contributed by atoms with E-state index in [-0.39, 0.29) is 11.9 Å². The fourth-order valence-electron chi connectivity index (χ4n) is 2.36. The summed E-state index contributed by atoms with van der Waals surface area (Å²) in [5.74, 6) is -0.284. The summed E-state index contributed by atoms with van der Waals surface area (Å²) < 4.78 is 15.3. The molecule has 0 aromatic heterocycles. The molecule has 21 heavy (non-hydrogen) atoms. The van der Waals surface area contributed by atoms with Crippen molar-refractivity contribution < 1.29 is 4.39 Å². The molecule has 2 aromatic carbocycles. The van der Waals surface area contributed by atoms with E-state index >= 15 is 0 Å². The van der Waals surface area contributed by atoms with Gasteiger partial charge in [0.2, 0.25) is 0 Å². The van der Waals surface area contributed by atoms with Gasteiger partial charge in [0.15, 0.2) is 0 Å². The Balaban J connectivity index is 2.46. The van der Waals surface area contributed by atoms with Crippen molar-refractivity contribution in [2.75, 3.05) is 6.54 Å². The summed E-state index contributed by atoms with van der Waals surface area (Å²) in [5.41, 5.74) is 2.79. The van der Waals surface area contributed by atoms with Gasteiger partial charge in [-0.2, -0.15) is 0 Å². The van der Waals surface area contributed by atoms with E-state index < -0.39 is 0 Å². The molecule has 0 saturated carbocycles. The Labute approximate surface area is 138 Å². The van der Waals surface area contributed by atoms with Gasteiger partial charge in [-0.1, -0.05) is 46.6 Å². The average molecular weight is 371 g/mol. The van der Waals surface area contributed by atoms with Crippen molar-refractivity contribution in [1.29, 1.82) is 0 Å². The molecule has 0 aliphatic heterocycles. The summed E-state index contributed by atoms with van der Waals surface area (Å²) in [4.78, 5) is 0. The Bertz CT molecular complexity index is 610. The molecule has 1 nitrogen and oxygen atoms in total. The summed E-state index contributed by atoms with van der Waals surface area (Å²) >= 11 is 9.36. The third kappa shape index (κ3) is 4.29. The van der Waals surface area contributed by atoms with E-state index in [0.717, 1.165) is 28.6 Å². The van der Waals surface area contributed by atoms with Gasteiger partial charge in [0.25, 0.3) is 0 Å². The van der Waals surface area contributed by atoms with Gasteiger partial charge in [-0.25, -0.2) is 4.39 Å². The lowest BCUT2D eigenvalue weighted by Gasteiger charge is -2.21. The minimum atomic E-state index is -0.284. The first-order valence-electron chi connectivity index (χ1n) is 6.96. The van der Waals surface area contributed by atoms with Crippen molar-refractivity contribution in [3.05, 3.63) is 68.4 Å². The van der Waals surface area contributed by atoms with Crippen LogP contribution in [0.5, 0.6) is 0 Å². The molecule has 1 atom stereocenters. The highest BCUT2D eigenvalue weighted by atomic mass is 79.9. The van der Waals surface area contributed by atoms with Crippen LogP contribution in [-0.2, 0) is 0 Å². The SMILES string of the molecule is CCCNC(c1cc(C)cc(Br)c1)c1ccc(Cl)cc1F. The van der Waals surface area contributed by atoms with Gasteiger partial charge < -0.3 is 5.32 Å². The molecular formula is C17H18BrClFN. The van der Waals surface area contributed by atoms with E-state index in [4.69, 9.17) is 11.6 Å². The first kappa shape index (κ1) is 16.5. The number of benzene rings is 2. The van der Waals surface area contributed by atoms with E-state index in [2.05, 4.69) is 34.2 Å². The average Bonchev–Trinajstić information content (AvgIpc) is 2.40. The molecule has 0 amide bonds. The van der Waals surface area contributed by atoms with Gasteiger partial charge in [-0.3, -0.25) is 0 Å². The van der Waals surface area contributed by atoms with Crippen molar-refractivity contribution >= 4 is 27.5 Å². The molecule has 0 fully saturated rings. The summed E-state index contributed by atoms with van der Waals surface area (Å²) in [5, 5.41) is 3.83. The lowest BCUT2D eigenvalue weighted by molar-refractivity contribution is 0.546. The van der Waals surface area contributed by atoms with Crippen molar-refractivity contribution in [3.8, 4) is 0 Å². The Kier molecular flexibility index (Phi) is 5.80. The fraction of sp³-hybridized carbons (Fsp3) is 0.294. The zero-order valence-corrected chi connectivity index (χ0v) is 14.4. The molecule has 0 heterocycles. The summed E-state index contributed by atoms with van der Waals surface area (Å²) in [6.07, 6.45) is 0.985. The summed E-state index contributed by atoms with van der Waals surface area (Å²) in [6, 6.07) is 10.8. The smallest absolute Gasteiger partial charge is 0.129 e. The molecule has 0 aliphatic rings. The minimum absolute atomic E-state index is 0.182. The standard InChI is InChI=1S/C17H18BrClFN/c1-3-6-21-17(12-7-11(2)8-13(18)9-12)15-5-4-14(19)10-16(15)20/h4-5,7-10,17,21H,3,6H2,1-2H3. The Morgan fingerprint density at radius 1 is 1.24 bits per heavy atom. The van der Waals surface area contributed by atoms with Crippen LogP contribution in [-0.4, -0.2) is 6.54 Å². The Morgan fingerprint density at radius 3 is 2.62 bits per heavy atom. The first-order valence-corrected chi connectivity index (χ1v) is 8.13. The molecule has 0 saturated heterocycles. The highest BCUT2D eigenvalue weighted by Crippen LogP contribution is 2.29. The maximum atomic E-state index is 14.3.